The number of carbonyl (C=O) groups is 2. The van der Waals surface area contributed by atoms with Crippen LogP contribution in [-0.4, -0.2) is 152 Å². The highest BCUT2D eigenvalue weighted by molar-refractivity contribution is 5.78. The first-order valence-electron chi connectivity index (χ1n) is 24.5. The first-order chi connectivity index (χ1) is 31.9. The van der Waals surface area contributed by atoms with Crippen LogP contribution in [0.5, 0.6) is 0 Å². The van der Waals surface area contributed by atoms with Crippen LogP contribution in [0.4, 0.5) is 0 Å². The quantitative estimate of drug-likeness (QED) is 0.107. The summed E-state index contributed by atoms with van der Waals surface area (Å²) in [6, 6.07) is -0.131. The summed E-state index contributed by atoms with van der Waals surface area (Å²) in [6.45, 7) is 16.3. The van der Waals surface area contributed by atoms with E-state index in [9.17, 15) is 19.8 Å². The summed E-state index contributed by atoms with van der Waals surface area (Å²) in [5.41, 5.74) is 0.121. The van der Waals surface area contributed by atoms with Crippen LogP contribution in [0.3, 0.4) is 0 Å². The zero-order chi connectivity index (χ0) is 48.4. The largest absolute Gasteiger partial charge is 0.462 e. The van der Waals surface area contributed by atoms with Crippen molar-refractivity contribution in [2.45, 2.75) is 191 Å². The number of carbonyl (C=O) groups excluding carboxylic acids is 2. The van der Waals surface area contributed by atoms with Crippen molar-refractivity contribution in [3.8, 4) is 0 Å². The number of aliphatic hydroxyl groups is 2. The molecule has 0 radical (unpaired) electrons. The Kier molecular flexibility index (Phi) is 16.9. The van der Waals surface area contributed by atoms with Gasteiger partial charge in [-0.1, -0.05) is 70.6 Å². The lowest BCUT2D eigenvalue weighted by molar-refractivity contribution is -0.314. The maximum absolute atomic E-state index is 14.4. The molecule has 15 heteroatoms. The summed E-state index contributed by atoms with van der Waals surface area (Å²) >= 11 is 0. The van der Waals surface area contributed by atoms with Gasteiger partial charge in [-0.2, -0.15) is 0 Å². The van der Waals surface area contributed by atoms with E-state index in [1.807, 2.05) is 50.9 Å². The maximum Gasteiger partial charge on any atom is 0.316 e. The number of fused-ring (bicyclic) bond motifs is 2. The third-order valence-electron chi connectivity index (χ3n) is 15.4. The molecule has 20 atom stereocenters. The van der Waals surface area contributed by atoms with E-state index in [2.05, 4.69) is 39.8 Å². The highest BCUT2D eigenvalue weighted by atomic mass is 16.7. The molecular formula is C52H77NO14. The summed E-state index contributed by atoms with van der Waals surface area (Å²) in [5.74, 6) is -2.60. The SMILES string of the molecule is CC[C@H](C)[C@H]1O[C@]2(C=C[C@@H]1C)C[C@@H]1C[C@@H](C/C=C(\C)[C@@H](O[C@H]3C[C@H](OC)[C@@H](O[C@H]4C[C@H](OC)[C@@H](N(C)/C=C\C=O)[C@H](C)O4)[C@H](C)O3)[C@@H](C)/C=C/C=C3\CO[C@@H]4[C@H](O)C(C)=C[C@@H](C(=O)O1)[C@]34O)O2. The van der Waals surface area contributed by atoms with Crippen LogP contribution in [0.25, 0.3) is 0 Å². The third-order valence-corrected chi connectivity index (χ3v) is 15.4. The molecule has 15 nitrogen and oxygen atoms in total. The van der Waals surface area contributed by atoms with Gasteiger partial charge >= 0.3 is 5.97 Å². The summed E-state index contributed by atoms with van der Waals surface area (Å²) in [5, 5.41) is 23.8. The smallest absolute Gasteiger partial charge is 0.316 e. The van der Waals surface area contributed by atoms with E-state index >= 15 is 0 Å². The Morgan fingerprint density at radius 2 is 1.66 bits per heavy atom. The monoisotopic (exact) mass is 940 g/mol. The van der Waals surface area contributed by atoms with Crippen LogP contribution in [0.15, 0.2) is 71.5 Å². The molecule has 0 aromatic carbocycles. The van der Waals surface area contributed by atoms with Crippen LogP contribution < -0.4 is 0 Å². The highest BCUT2D eigenvalue weighted by Crippen LogP contribution is 2.47. The minimum Gasteiger partial charge on any atom is -0.462 e. The molecule has 7 rings (SSSR count). The van der Waals surface area contributed by atoms with Crippen molar-refractivity contribution in [1.29, 1.82) is 0 Å². The molecule has 0 aromatic rings. The van der Waals surface area contributed by atoms with Crippen LogP contribution in [0.2, 0.25) is 0 Å². The van der Waals surface area contributed by atoms with Crippen molar-refractivity contribution in [3.63, 3.8) is 0 Å². The zero-order valence-electron chi connectivity index (χ0n) is 41.4. The number of likely N-dealkylation sites (N-methyl/N-ethyl adjacent to an activating group) is 1. The molecule has 1 aliphatic carbocycles. The van der Waals surface area contributed by atoms with E-state index in [1.54, 1.807) is 39.5 Å². The molecule has 2 bridgehead atoms. The molecule has 374 valence electrons. The van der Waals surface area contributed by atoms with E-state index in [-0.39, 0.29) is 61.2 Å². The van der Waals surface area contributed by atoms with Crippen molar-refractivity contribution in [2.75, 3.05) is 27.9 Å². The predicted octanol–water partition coefficient (Wildman–Crippen LogP) is 6.03. The van der Waals surface area contributed by atoms with Crippen LogP contribution >= 0.6 is 0 Å². The fourth-order valence-corrected chi connectivity index (χ4v) is 11.4. The molecular weight excluding hydrogens is 863 g/mol. The number of esters is 1. The second-order valence-corrected chi connectivity index (χ2v) is 20.1. The van der Waals surface area contributed by atoms with Gasteiger partial charge in [0.1, 0.15) is 42.2 Å². The minimum absolute atomic E-state index is 0.0275. The Balaban J connectivity index is 1.15. The number of hydrogen-bond donors (Lipinski definition) is 2. The lowest BCUT2D eigenvalue weighted by Crippen LogP contribution is -2.58. The number of ether oxygens (including phenoxy) is 10. The van der Waals surface area contributed by atoms with E-state index in [0.29, 0.717) is 36.8 Å². The average Bonchev–Trinajstić information content (AvgIpc) is 3.64. The van der Waals surface area contributed by atoms with E-state index in [0.717, 1.165) is 18.3 Å². The van der Waals surface area contributed by atoms with Gasteiger partial charge in [0.15, 0.2) is 18.4 Å². The molecule has 6 heterocycles. The number of nitrogens with zero attached hydrogens (tertiary/aromatic N) is 1. The van der Waals surface area contributed by atoms with E-state index in [4.69, 9.17) is 47.4 Å². The lowest BCUT2D eigenvalue weighted by atomic mass is 9.71. The second-order valence-electron chi connectivity index (χ2n) is 20.1. The molecule has 1 spiro atoms. The molecule has 6 aliphatic heterocycles. The highest BCUT2D eigenvalue weighted by Gasteiger charge is 2.60. The standard InChI is InChI=1S/C52H77NO14/c1-12-29(2)47-32(5)19-20-51(67-47)27-38-24-37(66-51)18-17-31(4)46(30(3)15-13-16-36-28-60-49-45(55)33(6)23-39(50(56)63-38)52(36,49)57)64-43-26-41(59-11)48(35(8)62-43)65-42-25-40(58-10)44(34(7)61-42)53(9)21-14-22-54/h13-17,19-23,29-30,32,34-35,37-49,55,57H,12,18,24-28H2,1-11H3/b15-13+,21-14-,31-17+,36-16+/t29-,30-,32-,34-,35-,37+,38-,39-,40-,41-,42-,43-,44-,45+,46-,47+,48-,49+,51+,52+/m0/s1. The van der Waals surface area contributed by atoms with Crippen LogP contribution in [0, 0.1) is 23.7 Å². The Hall–Kier alpha value is -3.06. The van der Waals surface area contributed by atoms with E-state index in [1.165, 1.54) is 6.08 Å². The number of hydrogen-bond acceptors (Lipinski definition) is 15. The summed E-state index contributed by atoms with van der Waals surface area (Å²) in [7, 11) is 5.23. The number of aliphatic hydroxyl groups excluding tert-OH is 1. The van der Waals surface area contributed by atoms with Crippen molar-refractivity contribution in [1.82, 2.24) is 4.90 Å². The number of rotatable bonds is 11. The Bertz CT molecular complexity index is 1910. The molecule has 0 aromatic heterocycles. The number of allylic oxidation sites excluding steroid dienone is 3. The number of methoxy groups -OCH3 is 2. The van der Waals surface area contributed by atoms with Gasteiger partial charge in [0.2, 0.25) is 0 Å². The molecule has 0 amide bonds. The van der Waals surface area contributed by atoms with Crippen molar-refractivity contribution < 1.29 is 67.2 Å². The Morgan fingerprint density at radius 1 is 0.940 bits per heavy atom. The van der Waals surface area contributed by atoms with Gasteiger partial charge in [0.05, 0.1) is 55.4 Å². The zero-order valence-corrected chi connectivity index (χ0v) is 41.4. The molecule has 2 N–H and O–H groups in total. The van der Waals surface area contributed by atoms with Gasteiger partial charge in [0.25, 0.3) is 0 Å². The summed E-state index contributed by atoms with van der Waals surface area (Å²) < 4.78 is 64.9. The Labute approximate surface area is 397 Å². The summed E-state index contributed by atoms with van der Waals surface area (Å²) in [6.07, 6.45) is 13.7. The lowest BCUT2D eigenvalue weighted by Gasteiger charge is -2.48. The summed E-state index contributed by atoms with van der Waals surface area (Å²) in [4.78, 5) is 27.3. The van der Waals surface area contributed by atoms with Gasteiger partial charge in [0, 0.05) is 65.0 Å². The molecule has 67 heavy (non-hydrogen) atoms. The fourth-order valence-electron chi connectivity index (χ4n) is 11.4. The average molecular weight is 940 g/mol. The van der Waals surface area contributed by atoms with Crippen molar-refractivity contribution in [3.05, 3.63) is 71.5 Å². The minimum atomic E-state index is -1.84. The third kappa shape index (κ3) is 11.0. The van der Waals surface area contributed by atoms with Crippen LogP contribution in [-0.2, 0) is 57.0 Å². The first kappa shape index (κ1) is 51.8. The van der Waals surface area contributed by atoms with Gasteiger partial charge in [-0.25, -0.2) is 0 Å². The van der Waals surface area contributed by atoms with Gasteiger partial charge in [-0.15, -0.1) is 0 Å². The first-order valence-corrected chi connectivity index (χ1v) is 24.5. The molecule has 0 saturated carbocycles. The predicted molar refractivity (Wildman–Crippen MR) is 248 cm³/mol. The molecule has 7 aliphatic rings. The Morgan fingerprint density at radius 3 is 2.37 bits per heavy atom. The van der Waals surface area contributed by atoms with Gasteiger partial charge in [-0.3, -0.25) is 9.59 Å². The van der Waals surface area contributed by atoms with Gasteiger partial charge < -0.3 is 62.5 Å². The maximum atomic E-state index is 14.4. The normalized spacial score (nSPS) is 46.4. The fraction of sp³-hybridized carbons (Fsp3) is 0.731. The second kappa shape index (κ2) is 21.9. The molecule has 4 saturated heterocycles. The van der Waals surface area contributed by atoms with E-state index < -0.39 is 78.6 Å². The van der Waals surface area contributed by atoms with Crippen LogP contribution in [0.1, 0.15) is 93.9 Å². The molecule has 0 unspecified atom stereocenters. The molecule has 4 fully saturated rings. The topological polar surface area (TPSA) is 170 Å². The number of aldehydes is 1. The van der Waals surface area contributed by atoms with Crippen molar-refractivity contribution in [2.24, 2.45) is 23.7 Å². The van der Waals surface area contributed by atoms with Crippen molar-refractivity contribution >= 4 is 12.3 Å². The van der Waals surface area contributed by atoms with Gasteiger partial charge in [-0.05, 0) is 68.9 Å².